The third kappa shape index (κ3) is 7.90. The third-order valence-electron chi connectivity index (χ3n) is 9.55. The van der Waals surface area contributed by atoms with Gasteiger partial charge in [-0.3, -0.25) is 4.79 Å². The van der Waals surface area contributed by atoms with E-state index in [4.69, 9.17) is 14.5 Å². The first-order chi connectivity index (χ1) is 21.0. The zero-order valence-corrected chi connectivity index (χ0v) is 27.9. The fourth-order valence-electron chi connectivity index (χ4n) is 6.85. The Bertz CT molecular complexity index is 1490. The van der Waals surface area contributed by atoms with Crippen molar-refractivity contribution in [3.63, 3.8) is 0 Å². The lowest BCUT2D eigenvalue weighted by atomic mass is 9.72. The molecule has 2 aliphatic carbocycles. The Labute approximate surface area is 266 Å². The van der Waals surface area contributed by atoms with Gasteiger partial charge < -0.3 is 14.8 Å². The van der Waals surface area contributed by atoms with Gasteiger partial charge >= 0.3 is 5.97 Å². The highest BCUT2D eigenvalue weighted by atomic mass is 32.1. The molecule has 6 nitrogen and oxygen atoms in total. The summed E-state index contributed by atoms with van der Waals surface area (Å²) in [5.74, 6) is 1.32. The van der Waals surface area contributed by atoms with E-state index in [1.165, 1.54) is 45.6 Å². The van der Waals surface area contributed by atoms with Crippen molar-refractivity contribution >= 4 is 39.6 Å². The van der Waals surface area contributed by atoms with E-state index >= 15 is 0 Å². The molecule has 236 valence electrons. The molecule has 0 saturated heterocycles. The minimum atomic E-state index is -0.816. The fraction of sp³-hybridized carbons (Fsp3) is 0.541. The molecule has 3 aromatic rings. The van der Waals surface area contributed by atoms with E-state index in [9.17, 15) is 9.59 Å². The first kappa shape index (κ1) is 32.2. The van der Waals surface area contributed by atoms with E-state index in [0.29, 0.717) is 23.4 Å². The van der Waals surface area contributed by atoms with Crippen molar-refractivity contribution in [1.82, 2.24) is 10.3 Å². The lowest BCUT2D eigenvalue weighted by Gasteiger charge is -2.37. The maximum absolute atomic E-state index is 13.6. The zero-order valence-electron chi connectivity index (χ0n) is 27.0. The highest BCUT2D eigenvalue weighted by molar-refractivity contribution is 7.13. The van der Waals surface area contributed by atoms with E-state index in [-0.39, 0.29) is 12.0 Å². The maximum Gasteiger partial charge on any atom is 0.328 e. The zero-order chi connectivity index (χ0) is 31.4. The Morgan fingerprint density at radius 1 is 1.05 bits per heavy atom. The summed E-state index contributed by atoms with van der Waals surface area (Å²) in [5, 5.41) is 4.92. The number of fused-ring (bicyclic) bond motifs is 1. The molecule has 1 amide bonds. The number of hydrogen-bond donors (Lipinski definition) is 1. The van der Waals surface area contributed by atoms with Gasteiger partial charge in [-0.15, -0.1) is 11.3 Å². The van der Waals surface area contributed by atoms with Gasteiger partial charge in [0.05, 0.1) is 13.2 Å². The van der Waals surface area contributed by atoms with Gasteiger partial charge in [-0.1, -0.05) is 59.1 Å². The number of aromatic nitrogens is 1. The monoisotopic (exact) mass is 616 g/mol. The average Bonchev–Trinajstić information content (AvgIpc) is 3.69. The van der Waals surface area contributed by atoms with Gasteiger partial charge in [-0.25, -0.2) is 9.78 Å². The Morgan fingerprint density at radius 2 is 1.77 bits per heavy atom. The fourth-order valence-corrected chi connectivity index (χ4v) is 7.83. The minimum absolute atomic E-state index is 0.229. The quantitative estimate of drug-likeness (QED) is 0.231. The van der Waals surface area contributed by atoms with Crippen LogP contribution in [-0.2, 0) is 22.4 Å². The van der Waals surface area contributed by atoms with Crippen molar-refractivity contribution in [2.75, 3.05) is 7.11 Å². The summed E-state index contributed by atoms with van der Waals surface area (Å²) in [6.07, 6.45) is 10.8. The van der Waals surface area contributed by atoms with E-state index in [0.717, 1.165) is 62.7 Å². The van der Waals surface area contributed by atoms with Crippen LogP contribution in [0.5, 0.6) is 5.75 Å². The normalized spacial score (nSPS) is 19.9. The number of carbonyl (C=O) groups is 2. The second kappa shape index (κ2) is 13.8. The Kier molecular flexibility index (Phi) is 10.1. The molecule has 2 fully saturated rings. The summed E-state index contributed by atoms with van der Waals surface area (Å²) in [6.45, 7) is 13.0. The molecule has 0 aliphatic heterocycles. The minimum Gasteiger partial charge on any atom is -0.490 e. The van der Waals surface area contributed by atoms with Crippen LogP contribution in [0.25, 0.3) is 16.3 Å². The van der Waals surface area contributed by atoms with Crippen molar-refractivity contribution in [3.05, 3.63) is 64.1 Å². The molecule has 1 unspecified atom stereocenters. The Morgan fingerprint density at radius 3 is 2.41 bits per heavy atom. The van der Waals surface area contributed by atoms with Crippen LogP contribution in [0.4, 0.5) is 0 Å². The molecule has 44 heavy (non-hydrogen) atoms. The first-order valence-electron chi connectivity index (χ1n) is 16.2. The first-order valence-corrected chi connectivity index (χ1v) is 17.1. The largest absolute Gasteiger partial charge is 0.490 e. The summed E-state index contributed by atoms with van der Waals surface area (Å²) in [4.78, 5) is 33.3. The summed E-state index contributed by atoms with van der Waals surface area (Å²) in [7, 11) is 1.35. The lowest BCUT2D eigenvalue weighted by molar-refractivity contribution is -0.142. The number of allylic oxidation sites excluding steroid dienone is 1. The second-order valence-corrected chi connectivity index (χ2v) is 15.1. The summed E-state index contributed by atoms with van der Waals surface area (Å²) in [5.41, 5.74) is 2.56. The van der Waals surface area contributed by atoms with Crippen LogP contribution in [0, 0.1) is 17.3 Å². The van der Waals surface area contributed by atoms with Crippen LogP contribution in [-0.4, -0.2) is 36.1 Å². The number of benzene rings is 1. The van der Waals surface area contributed by atoms with Crippen LogP contribution in [0.15, 0.2) is 43.0 Å². The topological polar surface area (TPSA) is 77.5 Å². The van der Waals surface area contributed by atoms with Gasteiger partial charge in [0.2, 0.25) is 0 Å². The van der Waals surface area contributed by atoms with E-state index < -0.39 is 12.0 Å². The molecular weight excluding hydrogens is 568 g/mol. The third-order valence-corrected chi connectivity index (χ3v) is 10.8. The molecule has 1 aromatic carbocycles. The number of thiophene rings is 1. The van der Waals surface area contributed by atoms with Gasteiger partial charge in [-0.2, -0.15) is 0 Å². The van der Waals surface area contributed by atoms with Crippen molar-refractivity contribution in [1.29, 1.82) is 0 Å². The summed E-state index contributed by atoms with van der Waals surface area (Å²) < 4.78 is 11.6. The molecule has 5 rings (SSSR count). The number of amides is 1. The molecule has 2 aliphatic rings. The summed E-state index contributed by atoms with van der Waals surface area (Å²) in [6, 6.07) is 11.2. The van der Waals surface area contributed by atoms with Gasteiger partial charge in [0.15, 0.2) is 0 Å². The van der Waals surface area contributed by atoms with Crippen LogP contribution < -0.4 is 10.1 Å². The number of nitrogens with zero attached hydrogens (tertiary/aromatic N) is 1. The molecular formula is C37H48N2O4S. The van der Waals surface area contributed by atoms with Crippen molar-refractivity contribution < 1.29 is 19.1 Å². The standard InChI is InChI=1S/C37H48N2O4S/c1-23(2)34-18-17-29(44-34)22-33(36(41)42-6)39-35(40)32-20-25-11-14-28(43-27-15-12-26(13-16-27)37(3,4)5)21-30(25)31(38-32)19-24-9-7-8-10-24/h11,14,17-18,20-21,24,26-27,33H,1,7-10,12-13,15-16,19,22H2,2-6H3,(H,39,40). The molecule has 2 aromatic heterocycles. The van der Waals surface area contributed by atoms with Gasteiger partial charge in [0, 0.05) is 27.3 Å². The number of ether oxygens (including phenoxy) is 2. The number of carbonyl (C=O) groups excluding carboxylic acids is 2. The smallest absolute Gasteiger partial charge is 0.328 e. The van der Waals surface area contributed by atoms with Crippen LogP contribution in [0.1, 0.15) is 105 Å². The number of pyridine rings is 1. The molecule has 1 N–H and O–H groups in total. The van der Waals surface area contributed by atoms with E-state index in [1.54, 1.807) is 11.3 Å². The number of rotatable bonds is 10. The molecule has 0 bridgehead atoms. The number of nitrogens with one attached hydrogen (secondary N) is 1. The van der Waals surface area contributed by atoms with Crippen LogP contribution in [0.3, 0.4) is 0 Å². The summed E-state index contributed by atoms with van der Waals surface area (Å²) >= 11 is 1.57. The highest BCUT2D eigenvalue weighted by Crippen LogP contribution is 2.39. The molecule has 2 heterocycles. The molecule has 0 spiro atoms. The average molecular weight is 617 g/mol. The van der Waals surface area contributed by atoms with Crippen molar-refractivity contribution in [2.45, 2.75) is 104 Å². The van der Waals surface area contributed by atoms with E-state index in [1.807, 2.05) is 37.3 Å². The lowest BCUT2D eigenvalue weighted by Crippen LogP contribution is -2.43. The second-order valence-electron chi connectivity index (χ2n) is 13.9. The predicted molar refractivity (Wildman–Crippen MR) is 179 cm³/mol. The maximum atomic E-state index is 13.6. The van der Waals surface area contributed by atoms with Crippen LogP contribution in [0.2, 0.25) is 0 Å². The van der Waals surface area contributed by atoms with Crippen LogP contribution >= 0.6 is 11.3 Å². The predicted octanol–water partition coefficient (Wildman–Crippen LogP) is 8.56. The highest BCUT2D eigenvalue weighted by Gasteiger charge is 2.31. The van der Waals surface area contributed by atoms with Gasteiger partial charge in [-0.05, 0) is 97.6 Å². The molecule has 0 radical (unpaired) electrons. The molecule has 1 atom stereocenters. The number of esters is 1. The number of hydrogen-bond acceptors (Lipinski definition) is 6. The van der Waals surface area contributed by atoms with Crippen molar-refractivity contribution in [2.24, 2.45) is 17.3 Å². The molecule has 2 saturated carbocycles. The molecule has 7 heteroatoms. The Balaban J connectivity index is 1.37. The van der Waals surface area contributed by atoms with Gasteiger partial charge in [0.25, 0.3) is 5.91 Å². The number of methoxy groups -OCH3 is 1. The van der Waals surface area contributed by atoms with E-state index in [2.05, 4.69) is 38.7 Å². The Hall–Kier alpha value is -3.19. The van der Waals surface area contributed by atoms with Gasteiger partial charge in [0.1, 0.15) is 17.5 Å². The SMILES string of the molecule is C=C(C)c1ccc(CC(NC(=O)c2cc3ccc(OC4CCC(C(C)(C)C)CC4)cc3c(CC3CCCC3)n2)C(=O)OC)s1. The van der Waals surface area contributed by atoms with Crippen molar-refractivity contribution in [3.8, 4) is 5.75 Å².